The van der Waals surface area contributed by atoms with E-state index >= 15 is 0 Å². The Balaban J connectivity index is 1.73. The Kier molecular flexibility index (Phi) is 3.89. The maximum absolute atomic E-state index is 12.8. The van der Waals surface area contributed by atoms with Crippen molar-refractivity contribution >= 4 is 5.78 Å². The van der Waals surface area contributed by atoms with Crippen LogP contribution in [-0.4, -0.2) is 40.5 Å². The van der Waals surface area contributed by atoms with E-state index in [9.17, 15) is 9.90 Å². The highest BCUT2D eigenvalue weighted by molar-refractivity contribution is 6.00. The van der Waals surface area contributed by atoms with E-state index in [1.807, 2.05) is 44.2 Å². The number of hydrogen-bond donors (Lipinski definition) is 1. The van der Waals surface area contributed by atoms with Gasteiger partial charge < -0.3 is 5.11 Å². The molecule has 2 unspecified atom stereocenters. The summed E-state index contributed by atoms with van der Waals surface area (Å²) >= 11 is 0. The fraction of sp³-hybridized carbons (Fsp3) is 0.611. The minimum atomic E-state index is -0.384. The van der Waals surface area contributed by atoms with E-state index in [1.54, 1.807) is 0 Å². The van der Waals surface area contributed by atoms with Crippen LogP contribution in [-0.2, 0) is 0 Å². The lowest BCUT2D eigenvalue weighted by molar-refractivity contribution is 0.0167. The van der Waals surface area contributed by atoms with Crippen LogP contribution in [0.5, 0.6) is 0 Å². The van der Waals surface area contributed by atoms with E-state index in [1.165, 1.54) is 0 Å². The van der Waals surface area contributed by atoms with Gasteiger partial charge in [0.25, 0.3) is 0 Å². The number of carbonyl (C=O) groups excluding carboxylic acids is 1. The molecule has 3 heteroatoms. The van der Waals surface area contributed by atoms with Crippen molar-refractivity contribution in [2.75, 3.05) is 6.54 Å². The van der Waals surface area contributed by atoms with E-state index in [4.69, 9.17) is 0 Å². The number of hydrogen-bond acceptors (Lipinski definition) is 3. The van der Waals surface area contributed by atoms with E-state index in [2.05, 4.69) is 4.90 Å². The predicted molar refractivity (Wildman–Crippen MR) is 83.3 cm³/mol. The topological polar surface area (TPSA) is 40.5 Å². The van der Waals surface area contributed by atoms with Crippen LogP contribution in [0.1, 0.15) is 49.9 Å². The van der Waals surface area contributed by atoms with Gasteiger partial charge in [0.2, 0.25) is 0 Å². The molecule has 0 aliphatic carbocycles. The first-order valence-corrected chi connectivity index (χ1v) is 8.01. The summed E-state index contributed by atoms with van der Waals surface area (Å²) < 4.78 is 0. The third-order valence-electron chi connectivity index (χ3n) is 5.09. The highest BCUT2D eigenvalue weighted by Crippen LogP contribution is 2.38. The van der Waals surface area contributed by atoms with Crippen LogP contribution in [0.25, 0.3) is 0 Å². The first-order valence-electron chi connectivity index (χ1n) is 8.01. The minimum Gasteiger partial charge on any atom is -0.393 e. The second-order valence-corrected chi connectivity index (χ2v) is 7.26. The maximum Gasteiger partial charge on any atom is 0.169 e. The van der Waals surface area contributed by atoms with Gasteiger partial charge in [-0.15, -0.1) is 0 Å². The summed E-state index contributed by atoms with van der Waals surface area (Å²) in [4.78, 5) is 15.2. The minimum absolute atomic E-state index is 0.147. The lowest BCUT2D eigenvalue weighted by atomic mass is 9.82. The van der Waals surface area contributed by atoms with Crippen molar-refractivity contribution < 1.29 is 9.90 Å². The molecule has 2 bridgehead atoms. The van der Waals surface area contributed by atoms with E-state index in [-0.39, 0.29) is 17.3 Å². The SMILES string of the molecule is CC(C)(CN1C2CCC1CC(O)C2)C(=O)c1ccccc1. The number of rotatable bonds is 4. The molecule has 2 saturated heterocycles. The molecule has 2 fully saturated rings. The van der Waals surface area contributed by atoms with Gasteiger partial charge in [-0.3, -0.25) is 9.69 Å². The van der Waals surface area contributed by atoms with E-state index in [0.29, 0.717) is 12.1 Å². The Hall–Kier alpha value is -1.19. The molecule has 0 spiro atoms. The molecule has 3 nitrogen and oxygen atoms in total. The number of Topliss-reactive ketones (excluding diaryl/α,β-unsaturated/α-hetero) is 1. The van der Waals surface area contributed by atoms with Crippen LogP contribution in [0.4, 0.5) is 0 Å². The molecule has 1 aromatic carbocycles. The summed E-state index contributed by atoms with van der Waals surface area (Å²) in [5, 5.41) is 9.90. The summed E-state index contributed by atoms with van der Waals surface area (Å²) in [6.07, 6.45) is 3.92. The fourth-order valence-electron chi connectivity index (χ4n) is 4.01. The standard InChI is InChI=1S/C18H25NO2/c1-18(2,17(21)13-6-4-3-5-7-13)12-19-14-8-9-15(19)11-16(20)10-14/h3-7,14-16,20H,8-12H2,1-2H3. The number of benzene rings is 1. The molecule has 0 aromatic heterocycles. The molecule has 2 aliphatic rings. The Morgan fingerprint density at radius 1 is 1.19 bits per heavy atom. The maximum atomic E-state index is 12.8. The van der Waals surface area contributed by atoms with Crippen LogP contribution in [0.3, 0.4) is 0 Å². The van der Waals surface area contributed by atoms with Gasteiger partial charge in [-0.1, -0.05) is 44.2 Å². The van der Waals surface area contributed by atoms with Gasteiger partial charge in [0.05, 0.1) is 6.10 Å². The molecule has 0 radical (unpaired) electrons. The predicted octanol–water partition coefficient (Wildman–Crippen LogP) is 2.88. The van der Waals surface area contributed by atoms with Crippen molar-refractivity contribution in [2.24, 2.45) is 5.41 Å². The van der Waals surface area contributed by atoms with Gasteiger partial charge in [-0.2, -0.15) is 0 Å². The molecule has 3 rings (SSSR count). The number of fused-ring (bicyclic) bond motifs is 2. The summed E-state index contributed by atoms with van der Waals surface area (Å²) in [6.45, 7) is 4.89. The van der Waals surface area contributed by atoms with Gasteiger partial charge in [-0.25, -0.2) is 0 Å². The molecule has 2 heterocycles. The smallest absolute Gasteiger partial charge is 0.169 e. The number of piperidine rings is 1. The second kappa shape index (κ2) is 5.54. The van der Waals surface area contributed by atoms with Crippen molar-refractivity contribution in [1.82, 2.24) is 4.90 Å². The molecule has 2 atom stereocenters. The van der Waals surface area contributed by atoms with Crippen LogP contribution in [0, 0.1) is 5.41 Å². The average molecular weight is 287 g/mol. The monoisotopic (exact) mass is 287 g/mol. The summed E-state index contributed by atoms with van der Waals surface area (Å²) in [7, 11) is 0. The lowest BCUT2D eigenvalue weighted by Crippen LogP contribution is -2.50. The number of aliphatic hydroxyl groups is 1. The Morgan fingerprint density at radius 3 is 2.33 bits per heavy atom. The average Bonchev–Trinajstić information content (AvgIpc) is 2.70. The molecular formula is C18H25NO2. The summed E-state index contributed by atoms with van der Waals surface area (Å²) in [5.41, 5.74) is 0.414. The molecule has 1 aromatic rings. The van der Waals surface area contributed by atoms with Crippen molar-refractivity contribution in [3.63, 3.8) is 0 Å². The van der Waals surface area contributed by atoms with E-state index in [0.717, 1.165) is 37.8 Å². The number of aliphatic hydroxyl groups excluding tert-OH is 1. The fourth-order valence-corrected chi connectivity index (χ4v) is 4.01. The van der Waals surface area contributed by atoms with Crippen LogP contribution in [0.2, 0.25) is 0 Å². The zero-order valence-corrected chi connectivity index (χ0v) is 13.0. The van der Waals surface area contributed by atoms with Crippen LogP contribution in [0.15, 0.2) is 30.3 Å². The first kappa shape index (κ1) is 14.7. The molecule has 2 aliphatic heterocycles. The first-order chi connectivity index (χ1) is 9.97. The third-order valence-corrected chi connectivity index (χ3v) is 5.09. The van der Waals surface area contributed by atoms with Crippen LogP contribution >= 0.6 is 0 Å². The number of ketones is 1. The molecule has 1 N–H and O–H groups in total. The van der Waals surface area contributed by atoms with Gasteiger partial charge in [0, 0.05) is 29.6 Å². The van der Waals surface area contributed by atoms with Crippen molar-refractivity contribution in [1.29, 1.82) is 0 Å². The van der Waals surface area contributed by atoms with Crippen molar-refractivity contribution in [3.8, 4) is 0 Å². The zero-order chi connectivity index (χ0) is 15.0. The molecule has 21 heavy (non-hydrogen) atoms. The van der Waals surface area contributed by atoms with Crippen LogP contribution < -0.4 is 0 Å². The molecule has 114 valence electrons. The van der Waals surface area contributed by atoms with Gasteiger partial charge in [0.1, 0.15) is 0 Å². The highest BCUT2D eigenvalue weighted by atomic mass is 16.3. The van der Waals surface area contributed by atoms with Gasteiger partial charge >= 0.3 is 0 Å². The second-order valence-electron chi connectivity index (χ2n) is 7.26. The van der Waals surface area contributed by atoms with Crippen molar-refractivity contribution in [3.05, 3.63) is 35.9 Å². The number of nitrogens with zero attached hydrogens (tertiary/aromatic N) is 1. The lowest BCUT2D eigenvalue weighted by Gasteiger charge is -2.41. The molecular weight excluding hydrogens is 262 g/mol. The molecule has 0 saturated carbocycles. The zero-order valence-electron chi connectivity index (χ0n) is 13.0. The third kappa shape index (κ3) is 2.90. The summed E-state index contributed by atoms with van der Waals surface area (Å²) in [6, 6.07) is 10.5. The largest absolute Gasteiger partial charge is 0.393 e. The Bertz CT molecular complexity index is 497. The molecule has 0 amide bonds. The Labute approximate surface area is 127 Å². The van der Waals surface area contributed by atoms with Gasteiger partial charge in [-0.05, 0) is 25.7 Å². The van der Waals surface area contributed by atoms with Crippen molar-refractivity contribution in [2.45, 2.75) is 57.7 Å². The quantitative estimate of drug-likeness (QED) is 0.866. The Morgan fingerprint density at radius 2 is 1.76 bits per heavy atom. The van der Waals surface area contributed by atoms with E-state index < -0.39 is 0 Å². The normalized spacial score (nSPS) is 29.6. The number of carbonyl (C=O) groups is 1. The highest BCUT2D eigenvalue weighted by Gasteiger charge is 2.43. The summed E-state index contributed by atoms with van der Waals surface area (Å²) in [5.74, 6) is 0.216. The van der Waals surface area contributed by atoms with Gasteiger partial charge in [0.15, 0.2) is 5.78 Å².